The zero-order valence-electron chi connectivity index (χ0n) is 17.6. The van der Waals surface area contributed by atoms with Gasteiger partial charge in [0.15, 0.2) is 5.78 Å². The number of esters is 2. The van der Waals surface area contributed by atoms with Crippen LogP contribution in [0.2, 0.25) is 0 Å². The first-order valence-electron chi connectivity index (χ1n) is 10.2. The Labute approximate surface area is 166 Å². The van der Waals surface area contributed by atoms with Crippen molar-refractivity contribution in [2.24, 2.45) is 28.1 Å². The lowest BCUT2D eigenvalue weighted by Crippen LogP contribution is -2.64. The van der Waals surface area contributed by atoms with Gasteiger partial charge in [-0.1, -0.05) is 33.8 Å². The third kappa shape index (κ3) is 2.28. The second-order valence-corrected chi connectivity index (χ2v) is 10.3. The van der Waals surface area contributed by atoms with E-state index >= 15 is 0 Å². The Kier molecular flexibility index (Phi) is 3.87. The smallest absolute Gasteiger partial charge is 0.331 e. The molecule has 2 saturated carbocycles. The van der Waals surface area contributed by atoms with E-state index in [-0.39, 0.29) is 35.0 Å². The van der Waals surface area contributed by atoms with Gasteiger partial charge < -0.3 is 9.47 Å². The van der Waals surface area contributed by atoms with E-state index in [4.69, 9.17) is 9.47 Å². The summed E-state index contributed by atoms with van der Waals surface area (Å²) >= 11 is 0. The number of fused-ring (bicyclic) bond motifs is 5. The third-order valence-corrected chi connectivity index (χ3v) is 8.40. The molecule has 0 radical (unpaired) electrons. The van der Waals surface area contributed by atoms with Crippen molar-refractivity contribution in [3.63, 3.8) is 0 Å². The highest BCUT2D eigenvalue weighted by Gasteiger charge is 2.68. The van der Waals surface area contributed by atoms with Gasteiger partial charge in [0.05, 0.1) is 0 Å². The van der Waals surface area contributed by atoms with Crippen LogP contribution >= 0.6 is 0 Å². The Morgan fingerprint density at radius 2 is 1.82 bits per heavy atom. The highest BCUT2D eigenvalue weighted by atomic mass is 16.6. The Bertz CT molecular complexity index is 836. The van der Waals surface area contributed by atoms with E-state index in [9.17, 15) is 14.4 Å². The lowest BCUT2D eigenvalue weighted by atomic mass is 9.40. The van der Waals surface area contributed by atoms with Gasteiger partial charge in [-0.15, -0.1) is 0 Å². The van der Waals surface area contributed by atoms with E-state index in [2.05, 4.69) is 19.9 Å². The van der Waals surface area contributed by atoms with Crippen molar-refractivity contribution in [3.8, 4) is 0 Å². The van der Waals surface area contributed by atoms with Crippen LogP contribution in [0.15, 0.2) is 23.8 Å². The molecular weight excluding hydrogens is 356 g/mol. The first-order valence-corrected chi connectivity index (χ1v) is 10.2. The standard InChI is InChI=1S/C23H30O5/c1-13(24)27-18-11-15-20(2,3)17(25)8-9-21(15,4)14-7-10-22(5)16(23(14,18)6)12-19(26)28-22/h8-9,12,14-15,18H,7,10-11H2,1-6H3/t14-,15?,18-,21-,22-,23-/m1/s1. The summed E-state index contributed by atoms with van der Waals surface area (Å²) in [4.78, 5) is 36.9. The van der Waals surface area contributed by atoms with Crippen LogP contribution in [0, 0.1) is 28.1 Å². The van der Waals surface area contributed by atoms with Gasteiger partial charge in [-0.2, -0.15) is 0 Å². The Morgan fingerprint density at radius 3 is 2.46 bits per heavy atom. The molecular formula is C23H30O5. The van der Waals surface area contributed by atoms with Gasteiger partial charge in [-0.3, -0.25) is 9.59 Å². The van der Waals surface area contributed by atoms with E-state index in [1.165, 1.54) is 6.92 Å². The average Bonchev–Trinajstić information content (AvgIpc) is 2.89. The molecule has 5 nitrogen and oxygen atoms in total. The first kappa shape index (κ1) is 19.4. The van der Waals surface area contributed by atoms with Gasteiger partial charge in [0.2, 0.25) is 0 Å². The molecule has 1 heterocycles. The van der Waals surface area contributed by atoms with E-state index < -0.39 is 22.5 Å². The predicted molar refractivity (Wildman–Crippen MR) is 103 cm³/mol. The summed E-state index contributed by atoms with van der Waals surface area (Å²) in [6.07, 6.45) is 7.22. The van der Waals surface area contributed by atoms with Crippen LogP contribution in [0.25, 0.3) is 0 Å². The Balaban J connectivity index is 1.91. The van der Waals surface area contributed by atoms with Gasteiger partial charge in [0.1, 0.15) is 11.7 Å². The molecule has 5 heteroatoms. The molecule has 2 fully saturated rings. The fraction of sp³-hybridized carbons (Fsp3) is 0.696. The van der Waals surface area contributed by atoms with Crippen molar-refractivity contribution in [2.75, 3.05) is 0 Å². The summed E-state index contributed by atoms with van der Waals surface area (Å²) in [7, 11) is 0. The summed E-state index contributed by atoms with van der Waals surface area (Å²) in [5.41, 5.74) is -0.975. The van der Waals surface area contributed by atoms with Crippen molar-refractivity contribution in [1.82, 2.24) is 0 Å². The van der Waals surface area contributed by atoms with Crippen LogP contribution in [0.3, 0.4) is 0 Å². The van der Waals surface area contributed by atoms with Crippen molar-refractivity contribution < 1.29 is 23.9 Å². The Morgan fingerprint density at radius 1 is 1.14 bits per heavy atom. The van der Waals surface area contributed by atoms with Crippen LogP contribution in [0.1, 0.15) is 60.8 Å². The van der Waals surface area contributed by atoms with Gasteiger partial charge in [-0.05, 0) is 55.1 Å². The zero-order valence-corrected chi connectivity index (χ0v) is 17.6. The molecule has 0 aromatic carbocycles. The second-order valence-electron chi connectivity index (χ2n) is 10.3. The number of hydrogen-bond donors (Lipinski definition) is 0. The largest absolute Gasteiger partial charge is 0.462 e. The van der Waals surface area contributed by atoms with E-state index in [0.717, 1.165) is 18.4 Å². The quantitative estimate of drug-likeness (QED) is 0.642. The molecule has 0 spiro atoms. The van der Waals surface area contributed by atoms with E-state index in [1.54, 1.807) is 12.2 Å². The van der Waals surface area contributed by atoms with Gasteiger partial charge in [-0.25, -0.2) is 4.79 Å². The van der Waals surface area contributed by atoms with Crippen LogP contribution < -0.4 is 0 Å². The molecule has 6 atom stereocenters. The van der Waals surface area contributed by atoms with Crippen molar-refractivity contribution in [3.05, 3.63) is 23.8 Å². The minimum Gasteiger partial charge on any atom is -0.462 e. The molecule has 3 aliphatic carbocycles. The summed E-state index contributed by atoms with van der Waals surface area (Å²) in [6.45, 7) is 11.8. The number of ketones is 1. The van der Waals surface area contributed by atoms with Crippen molar-refractivity contribution in [1.29, 1.82) is 0 Å². The highest BCUT2D eigenvalue weighted by Crippen LogP contribution is 2.69. The predicted octanol–water partition coefficient (Wildman–Crippen LogP) is 3.77. The highest BCUT2D eigenvalue weighted by molar-refractivity contribution is 5.96. The monoisotopic (exact) mass is 386 g/mol. The maximum absolute atomic E-state index is 12.7. The normalized spacial score (nSPS) is 46.1. The fourth-order valence-corrected chi connectivity index (χ4v) is 7.02. The lowest BCUT2D eigenvalue weighted by Gasteiger charge is -2.65. The number of carbonyl (C=O) groups is 3. The number of ether oxygens (including phenoxy) is 2. The molecule has 152 valence electrons. The Hall–Kier alpha value is -1.91. The molecule has 28 heavy (non-hydrogen) atoms. The summed E-state index contributed by atoms with van der Waals surface area (Å²) < 4.78 is 11.6. The molecule has 0 bridgehead atoms. The third-order valence-electron chi connectivity index (χ3n) is 8.40. The SMILES string of the molecule is CC(=O)O[C@@H]1CC2C(C)(C)C(=O)C=C[C@]2(C)[C@H]2CC[C@@]3(C)OC(=O)C=C3[C@]12C. The topological polar surface area (TPSA) is 69.7 Å². The summed E-state index contributed by atoms with van der Waals surface area (Å²) in [5, 5.41) is 0. The van der Waals surface area contributed by atoms with E-state index in [0.29, 0.717) is 6.42 Å². The molecule has 4 aliphatic rings. The molecule has 0 saturated heterocycles. The molecule has 0 aromatic heterocycles. The lowest BCUT2D eigenvalue weighted by molar-refractivity contribution is -0.192. The fourth-order valence-electron chi connectivity index (χ4n) is 7.02. The minimum absolute atomic E-state index is 0.0582. The number of hydrogen-bond acceptors (Lipinski definition) is 5. The summed E-state index contributed by atoms with van der Waals surface area (Å²) in [6, 6.07) is 0. The maximum atomic E-state index is 12.7. The van der Waals surface area contributed by atoms with Gasteiger partial charge in [0.25, 0.3) is 0 Å². The molecule has 4 rings (SSSR count). The molecule has 1 aliphatic heterocycles. The average molecular weight is 386 g/mol. The van der Waals surface area contributed by atoms with Crippen LogP contribution in [-0.4, -0.2) is 29.4 Å². The minimum atomic E-state index is -0.645. The van der Waals surface area contributed by atoms with Crippen LogP contribution in [0.5, 0.6) is 0 Å². The maximum Gasteiger partial charge on any atom is 0.331 e. The second kappa shape index (κ2) is 5.58. The zero-order chi connectivity index (χ0) is 20.7. The van der Waals surface area contributed by atoms with Crippen LogP contribution in [0.4, 0.5) is 0 Å². The van der Waals surface area contributed by atoms with Gasteiger partial charge in [0, 0.05) is 23.8 Å². The van der Waals surface area contributed by atoms with Crippen molar-refractivity contribution >= 4 is 17.7 Å². The number of allylic oxidation sites excluding steroid dienone is 2. The first-order chi connectivity index (χ1) is 12.9. The van der Waals surface area contributed by atoms with E-state index in [1.807, 2.05) is 20.8 Å². The number of carbonyl (C=O) groups excluding carboxylic acids is 3. The van der Waals surface area contributed by atoms with Gasteiger partial charge >= 0.3 is 11.9 Å². The summed E-state index contributed by atoms with van der Waals surface area (Å²) in [5.74, 6) is -0.326. The van der Waals surface area contributed by atoms with Crippen LogP contribution in [-0.2, 0) is 23.9 Å². The number of rotatable bonds is 1. The molecule has 1 unspecified atom stereocenters. The molecule has 0 N–H and O–H groups in total. The van der Waals surface area contributed by atoms with Crippen molar-refractivity contribution in [2.45, 2.75) is 72.5 Å². The molecule has 0 aromatic rings. The molecule has 0 amide bonds.